The van der Waals surface area contributed by atoms with Crippen molar-refractivity contribution in [2.24, 2.45) is 5.16 Å². The zero-order valence-electron chi connectivity index (χ0n) is 6.10. The molecule has 1 aliphatic heterocycles. The second-order valence-corrected chi connectivity index (χ2v) is 4.98. The molecule has 3 nitrogen and oxygen atoms in total. The molecule has 1 fully saturated rings. The Labute approximate surface area is 71.7 Å². The van der Waals surface area contributed by atoms with Crippen molar-refractivity contribution in [1.29, 1.82) is 0 Å². The van der Waals surface area contributed by atoms with Crippen LogP contribution in [0, 0.1) is 0 Å². The zero-order valence-corrected chi connectivity index (χ0v) is 8.26. The van der Waals surface area contributed by atoms with E-state index in [1.54, 1.807) is 3.11 Å². The topological polar surface area (TPSA) is 37.0 Å². The number of hydrogen-bond donors (Lipinski definition) is 2. The van der Waals surface area contributed by atoms with E-state index >= 15 is 0 Å². The van der Waals surface area contributed by atoms with Crippen molar-refractivity contribution < 1.29 is 29.8 Å². The second-order valence-electron chi connectivity index (χ2n) is 2.37. The molecule has 1 rings (SSSR count). The third-order valence-electron chi connectivity index (χ3n) is 1.78. The Bertz CT molecular complexity index is 128. The van der Waals surface area contributed by atoms with Crippen LogP contribution in [0.15, 0.2) is 5.16 Å². The van der Waals surface area contributed by atoms with Gasteiger partial charge in [0.05, 0.1) is 0 Å². The third-order valence-corrected chi connectivity index (χ3v) is 4.38. The van der Waals surface area contributed by atoms with Crippen LogP contribution in [0.3, 0.4) is 0 Å². The Balaban J connectivity index is 2.31. The standard InChI is InChI=1S/C6H13IN2O/c1-7-9-4-2-6(8-10)3-5-9/h9-10H,2-5H2,1H3. The van der Waals surface area contributed by atoms with Crippen LogP contribution in [0.4, 0.5) is 0 Å². The van der Waals surface area contributed by atoms with Crippen LogP contribution in [0.1, 0.15) is 12.8 Å². The normalized spacial score (nSPS) is 26.9. The van der Waals surface area contributed by atoms with Crippen LogP contribution in [-0.2, 0) is 0 Å². The number of quaternary nitrogens is 1. The van der Waals surface area contributed by atoms with Crippen LogP contribution in [-0.4, -0.2) is 28.9 Å². The molecule has 2 N–H and O–H groups in total. The summed E-state index contributed by atoms with van der Waals surface area (Å²) < 4.78 is 1.73. The van der Waals surface area contributed by atoms with Gasteiger partial charge in [0, 0.05) is 0 Å². The van der Waals surface area contributed by atoms with Crippen LogP contribution < -0.4 is 24.6 Å². The van der Waals surface area contributed by atoms with Crippen molar-refractivity contribution in [2.45, 2.75) is 12.8 Å². The van der Waals surface area contributed by atoms with Gasteiger partial charge in [-0.05, 0) is 0 Å². The molecule has 0 atom stereocenters. The quantitative estimate of drug-likeness (QED) is 0.163. The Morgan fingerprint density at radius 2 is 2.10 bits per heavy atom. The molecule has 0 unspecified atom stereocenters. The van der Waals surface area contributed by atoms with Crippen molar-refractivity contribution >= 4 is 5.71 Å². The molecule has 0 bridgehead atoms. The summed E-state index contributed by atoms with van der Waals surface area (Å²) in [5, 5.41) is 11.7. The molecule has 1 saturated heterocycles. The molecule has 0 radical (unpaired) electrons. The summed E-state index contributed by atoms with van der Waals surface area (Å²) >= 11 is 0.342. The summed E-state index contributed by atoms with van der Waals surface area (Å²) in [4.78, 5) is 2.30. The first-order chi connectivity index (χ1) is 4.86. The second kappa shape index (κ2) is 4.12. The number of oxime groups is 1. The third kappa shape index (κ3) is 2.09. The van der Waals surface area contributed by atoms with E-state index in [9.17, 15) is 0 Å². The number of nitrogens with zero attached hydrogens (tertiary/aromatic N) is 1. The van der Waals surface area contributed by atoms with E-state index in [0.717, 1.165) is 18.6 Å². The molecular formula is C6H13IN2O. The van der Waals surface area contributed by atoms with E-state index in [1.807, 2.05) is 0 Å². The van der Waals surface area contributed by atoms with Gasteiger partial charge in [-0.1, -0.05) is 0 Å². The van der Waals surface area contributed by atoms with Crippen LogP contribution in [0.5, 0.6) is 0 Å². The summed E-state index contributed by atoms with van der Waals surface area (Å²) in [6, 6.07) is 0. The van der Waals surface area contributed by atoms with Crippen molar-refractivity contribution in [3.63, 3.8) is 0 Å². The predicted octanol–water partition coefficient (Wildman–Crippen LogP) is -3.87. The first-order valence-electron chi connectivity index (χ1n) is 3.40. The van der Waals surface area contributed by atoms with Gasteiger partial charge in [-0.2, -0.15) is 0 Å². The summed E-state index contributed by atoms with van der Waals surface area (Å²) in [6.07, 6.45) is 2.00. The van der Waals surface area contributed by atoms with Gasteiger partial charge < -0.3 is 0 Å². The summed E-state index contributed by atoms with van der Waals surface area (Å²) in [5.74, 6) is 0. The number of hydrogen-bond acceptors (Lipinski definition) is 2. The summed E-state index contributed by atoms with van der Waals surface area (Å²) in [6.45, 7) is 2.37. The van der Waals surface area contributed by atoms with E-state index in [0.29, 0.717) is 21.5 Å². The Kier molecular flexibility index (Phi) is 3.41. The van der Waals surface area contributed by atoms with E-state index in [4.69, 9.17) is 5.21 Å². The monoisotopic (exact) mass is 256 g/mol. The molecule has 0 aliphatic carbocycles. The fourth-order valence-corrected chi connectivity index (χ4v) is 2.72. The number of alkyl halides is 1. The molecule has 1 aliphatic rings. The predicted molar refractivity (Wildman–Crippen MR) is 35.1 cm³/mol. The zero-order chi connectivity index (χ0) is 7.40. The number of halogens is 1. The van der Waals surface area contributed by atoms with Gasteiger partial charge in [-0.25, -0.2) is 0 Å². The Hall–Kier alpha value is 0.160. The van der Waals surface area contributed by atoms with Crippen molar-refractivity contribution in [2.75, 3.05) is 18.0 Å². The first kappa shape index (κ1) is 8.26. The SMILES string of the molecule is C[I-][NH+]1CCC(=NO)CC1. The van der Waals surface area contributed by atoms with E-state index in [2.05, 4.69) is 10.1 Å². The van der Waals surface area contributed by atoms with Crippen molar-refractivity contribution in [1.82, 2.24) is 0 Å². The molecule has 4 heteroatoms. The molecule has 60 valence electrons. The molecule has 0 saturated carbocycles. The maximum atomic E-state index is 8.44. The van der Waals surface area contributed by atoms with E-state index < -0.39 is 0 Å². The molecule has 0 aromatic carbocycles. The summed E-state index contributed by atoms with van der Waals surface area (Å²) in [7, 11) is 0. The number of rotatable bonds is 1. The Morgan fingerprint density at radius 3 is 2.50 bits per heavy atom. The maximum absolute atomic E-state index is 8.44. The molecule has 0 spiro atoms. The number of nitrogens with one attached hydrogen (secondary N) is 1. The minimum atomic E-state index is 0.342. The minimum absolute atomic E-state index is 0.342. The van der Waals surface area contributed by atoms with Crippen LogP contribution in [0.25, 0.3) is 0 Å². The molecule has 10 heavy (non-hydrogen) atoms. The average Bonchev–Trinajstić information content (AvgIpc) is 2.05. The fraction of sp³-hybridized carbons (Fsp3) is 0.833. The molecule has 0 aromatic rings. The Morgan fingerprint density at radius 1 is 1.50 bits per heavy atom. The van der Waals surface area contributed by atoms with E-state index in [-0.39, 0.29) is 0 Å². The molecule has 1 heterocycles. The summed E-state index contributed by atoms with van der Waals surface area (Å²) in [5.41, 5.74) is 0.987. The van der Waals surface area contributed by atoms with Crippen LogP contribution in [0.2, 0.25) is 0 Å². The van der Waals surface area contributed by atoms with Crippen molar-refractivity contribution in [3.8, 4) is 0 Å². The van der Waals surface area contributed by atoms with Gasteiger partial charge in [-0.3, -0.25) is 0 Å². The van der Waals surface area contributed by atoms with Gasteiger partial charge >= 0.3 is 71.5 Å². The fourth-order valence-electron chi connectivity index (χ4n) is 1.10. The van der Waals surface area contributed by atoms with Gasteiger partial charge in [0.15, 0.2) is 0 Å². The molecular weight excluding hydrogens is 243 g/mol. The molecule has 0 amide bonds. The van der Waals surface area contributed by atoms with E-state index in [1.165, 1.54) is 13.1 Å². The molecule has 0 aromatic heterocycles. The van der Waals surface area contributed by atoms with Crippen LogP contribution >= 0.6 is 0 Å². The van der Waals surface area contributed by atoms with Gasteiger partial charge in [0.1, 0.15) is 0 Å². The average molecular weight is 256 g/mol. The van der Waals surface area contributed by atoms with Gasteiger partial charge in [0.25, 0.3) is 0 Å². The van der Waals surface area contributed by atoms with Crippen molar-refractivity contribution in [3.05, 3.63) is 0 Å². The number of piperidine rings is 1. The van der Waals surface area contributed by atoms with Gasteiger partial charge in [-0.15, -0.1) is 0 Å². The first-order valence-corrected chi connectivity index (χ1v) is 6.64. The van der Waals surface area contributed by atoms with Gasteiger partial charge in [0.2, 0.25) is 0 Å².